The van der Waals surface area contributed by atoms with Gasteiger partial charge in [0.1, 0.15) is 0 Å². The minimum Gasteiger partial charge on any atom is -0.256 e. The zero-order valence-corrected chi connectivity index (χ0v) is 5.71. The molecular formula is C5H6ClN3. The highest BCUT2D eigenvalue weighted by molar-refractivity contribution is 6.24. The van der Waals surface area contributed by atoms with Gasteiger partial charge in [-0.1, -0.05) is 0 Å². The summed E-state index contributed by atoms with van der Waals surface area (Å²) < 4.78 is 1.33. The number of rotatable bonds is 1. The summed E-state index contributed by atoms with van der Waals surface area (Å²) in [6, 6.07) is 1.74. The second kappa shape index (κ2) is 2.64. The fourth-order valence-electron chi connectivity index (χ4n) is 0.450. The van der Waals surface area contributed by atoms with Crippen molar-refractivity contribution in [3.8, 4) is 0 Å². The number of hydrogen-bond acceptors (Lipinski definition) is 3. The number of halogens is 1. The first kappa shape index (κ1) is 6.29. The molecule has 1 rings (SSSR count). The van der Waals surface area contributed by atoms with E-state index >= 15 is 0 Å². The van der Waals surface area contributed by atoms with Crippen LogP contribution in [0, 0.1) is 0 Å². The first-order valence-electron chi connectivity index (χ1n) is 2.47. The van der Waals surface area contributed by atoms with Crippen LogP contribution in [-0.2, 0) is 0 Å². The summed E-state index contributed by atoms with van der Waals surface area (Å²) in [7, 11) is 1.68. The molecule has 0 aliphatic rings. The highest BCUT2D eigenvalue weighted by Gasteiger charge is 1.94. The van der Waals surface area contributed by atoms with Crippen LogP contribution in [0.4, 0.5) is 5.95 Å². The van der Waals surface area contributed by atoms with Crippen molar-refractivity contribution in [2.24, 2.45) is 0 Å². The van der Waals surface area contributed by atoms with Gasteiger partial charge in [0.2, 0.25) is 5.95 Å². The van der Waals surface area contributed by atoms with E-state index in [9.17, 15) is 0 Å². The van der Waals surface area contributed by atoms with E-state index in [1.165, 1.54) is 4.42 Å². The van der Waals surface area contributed by atoms with E-state index in [1.54, 1.807) is 25.5 Å². The summed E-state index contributed by atoms with van der Waals surface area (Å²) in [5.41, 5.74) is 0. The van der Waals surface area contributed by atoms with Gasteiger partial charge in [0, 0.05) is 31.2 Å². The summed E-state index contributed by atoms with van der Waals surface area (Å²) in [6.07, 6.45) is 3.28. The number of nitrogens with zero attached hydrogens (tertiary/aromatic N) is 3. The molecule has 0 aliphatic carbocycles. The number of aromatic nitrogens is 2. The van der Waals surface area contributed by atoms with Gasteiger partial charge in [-0.2, -0.15) is 0 Å². The lowest BCUT2D eigenvalue weighted by Crippen LogP contribution is -2.04. The second-order valence-corrected chi connectivity index (χ2v) is 2.03. The molecule has 0 unspecified atom stereocenters. The van der Waals surface area contributed by atoms with Gasteiger partial charge in [-0.15, -0.1) is 0 Å². The van der Waals surface area contributed by atoms with Gasteiger partial charge in [0.25, 0.3) is 0 Å². The molecule has 3 nitrogen and oxygen atoms in total. The maximum atomic E-state index is 5.51. The Hall–Kier alpha value is -0.830. The van der Waals surface area contributed by atoms with E-state index in [2.05, 4.69) is 9.97 Å². The molecule has 4 heteroatoms. The minimum atomic E-state index is 0.513. The van der Waals surface area contributed by atoms with E-state index in [0.29, 0.717) is 5.95 Å². The minimum absolute atomic E-state index is 0.513. The van der Waals surface area contributed by atoms with Crippen molar-refractivity contribution in [1.82, 2.24) is 9.97 Å². The zero-order chi connectivity index (χ0) is 6.69. The summed E-state index contributed by atoms with van der Waals surface area (Å²) >= 11 is 5.51. The highest BCUT2D eigenvalue weighted by atomic mass is 35.5. The molecule has 0 radical (unpaired) electrons. The van der Waals surface area contributed by atoms with Crippen molar-refractivity contribution in [2.75, 3.05) is 11.5 Å². The monoisotopic (exact) mass is 143 g/mol. The topological polar surface area (TPSA) is 29.0 Å². The quantitative estimate of drug-likeness (QED) is 0.551. The van der Waals surface area contributed by atoms with Crippen LogP contribution in [0.2, 0.25) is 0 Å². The Bertz CT molecular complexity index is 175. The van der Waals surface area contributed by atoms with Crippen LogP contribution in [0.15, 0.2) is 18.5 Å². The molecule has 0 saturated heterocycles. The van der Waals surface area contributed by atoms with Gasteiger partial charge in [0.05, 0.1) is 0 Å². The van der Waals surface area contributed by atoms with E-state index in [1.807, 2.05) is 0 Å². The third-order valence-electron chi connectivity index (χ3n) is 0.828. The van der Waals surface area contributed by atoms with Crippen molar-refractivity contribution in [3.63, 3.8) is 0 Å². The smallest absolute Gasteiger partial charge is 0.239 e. The van der Waals surface area contributed by atoms with Gasteiger partial charge in [-0.25, -0.2) is 9.97 Å². The SMILES string of the molecule is CN(Cl)c1ncccn1. The highest BCUT2D eigenvalue weighted by Crippen LogP contribution is 2.02. The molecule has 0 saturated carbocycles. The second-order valence-electron chi connectivity index (χ2n) is 1.53. The average Bonchev–Trinajstić information content (AvgIpc) is 1.90. The molecule has 1 aromatic heterocycles. The molecule has 1 heterocycles. The van der Waals surface area contributed by atoms with Crippen molar-refractivity contribution < 1.29 is 0 Å². The molecule has 0 spiro atoms. The van der Waals surface area contributed by atoms with E-state index < -0.39 is 0 Å². The van der Waals surface area contributed by atoms with Crippen LogP contribution in [0.3, 0.4) is 0 Å². The summed E-state index contributed by atoms with van der Waals surface area (Å²) in [5, 5.41) is 0. The molecule has 0 bridgehead atoms. The first-order chi connectivity index (χ1) is 4.30. The van der Waals surface area contributed by atoms with Gasteiger partial charge >= 0.3 is 0 Å². The van der Waals surface area contributed by atoms with Crippen LogP contribution in [0.5, 0.6) is 0 Å². The largest absolute Gasteiger partial charge is 0.256 e. The third-order valence-corrected chi connectivity index (χ3v) is 0.979. The fourth-order valence-corrected chi connectivity index (χ4v) is 0.538. The number of anilines is 1. The van der Waals surface area contributed by atoms with Crippen LogP contribution in [0.25, 0.3) is 0 Å². The molecule has 9 heavy (non-hydrogen) atoms. The predicted molar refractivity (Wildman–Crippen MR) is 36.3 cm³/mol. The maximum Gasteiger partial charge on any atom is 0.239 e. The van der Waals surface area contributed by atoms with E-state index in [0.717, 1.165) is 0 Å². The molecule has 0 aliphatic heterocycles. The Morgan fingerprint density at radius 2 is 2.00 bits per heavy atom. The molecule has 0 N–H and O–H groups in total. The average molecular weight is 144 g/mol. The molecule has 0 fully saturated rings. The Morgan fingerprint density at radius 1 is 1.44 bits per heavy atom. The molecule has 48 valence electrons. The molecule has 1 aromatic rings. The normalized spacial score (nSPS) is 9.11. The maximum absolute atomic E-state index is 5.51. The van der Waals surface area contributed by atoms with Crippen LogP contribution < -0.4 is 4.42 Å². The third kappa shape index (κ3) is 1.54. The van der Waals surface area contributed by atoms with Gasteiger partial charge in [-0.05, 0) is 6.07 Å². The first-order valence-corrected chi connectivity index (χ1v) is 2.81. The lowest BCUT2D eigenvalue weighted by atomic mass is 10.7. The van der Waals surface area contributed by atoms with Gasteiger partial charge in [-0.3, -0.25) is 4.42 Å². The Balaban J connectivity index is 2.85. The van der Waals surface area contributed by atoms with Crippen LogP contribution in [-0.4, -0.2) is 17.0 Å². The summed E-state index contributed by atoms with van der Waals surface area (Å²) in [5.74, 6) is 0.513. The fraction of sp³-hybridized carbons (Fsp3) is 0.200. The van der Waals surface area contributed by atoms with Gasteiger partial charge < -0.3 is 0 Å². The van der Waals surface area contributed by atoms with Crippen molar-refractivity contribution in [3.05, 3.63) is 18.5 Å². The molecule has 0 atom stereocenters. The van der Waals surface area contributed by atoms with E-state index in [-0.39, 0.29) is 0 Å². The van der Waals surface area contributed by atoms with Crippen molar-refractivity contribution >= 4 is 17.7 Å². The summed E-state index contributed by atoms with van der Waals surface area (Å²) in [6.45, 7) is 0. The Kier molecular flexibility index (Phi) is 1.85. The van der Waals surface area contributed by atoms with Crippen molar-refractivity contribution in [2.45, 2.75) is 0 Å². The number of hydrogen-bond donors (Lipinski definition) is 0. The predicted octanol–water partition coefficient (Wildman–Crippen LogP) is 1.07. The van der Waals surface area contributed by atoms with Crippen LogP contribution >= 0.6 is 11.8 Å². The van der Waals surface area contributed by atoms with Crippen molar-refractivity contribution in [1.29, 1.82) is 0 Å². The Morgan fingerprint density at radius 3 is 2.33 bits per heavy atom. The van der Waals surface area contributed by atoms with E-state index in [4.69, 9.17) is 11.8 Å². The lowest BCUT2D eigenvalue weighted by molar-refractivity contribution is 1.09. The lowest BCUT2D eigenvalue weighted by Gasteiger charge is -2.03. The molecule has 0 aromatic carbocycles. The molecular weight excluding hydrogens is 138 g/mol. The standard InChI is InChI=1S/C5H6ClN3/c1-9(6)5-7-3-2-4-8-5/h2-4H,1H3. The summed E-state index contributed by atoms with van der Waals surface area (Å²) in [4.78, 5) is 7.72. The Labute approximate surface area is 58.4 Å². The van der Waals surface area contributed by atoms with Gasteiger partial charge in [0.15, 0.2) is 0 Å². The molecule has 0 amide bonds. The van der Waals surface area contributed by atoms with Crippen LogP contribution in [0.1, 0.15) is 0 Å². The zero-order valence-electron chi connectivity index (χ0n) is 4.95.